The molecule has 0 radical (unpaired) electrons. The van der Waals surface area contributed by atoms with E-state index in [0.717, 1.165) is 41.6 Å². The van der Waals surface area contributed by atoms with E-state index in [1.54, 1.807) is 0 Å². The summed E-state index contributed by atoms with van der Waals surface area (Å²) in [4.78, 5) is 25.5. The Hall–Kier alpha value is -1.89. The molecule has 130 valence electrons. The summed E-state index contributed by atoms with van der Waals surface area (Å²) in [6, 6.07) is 1.89. The van der Waals surface area contributed by atoms with E-state index in [9.17, 15) is 14.7 Å². The van der Waals surface area contributed by atoms with Crippen LogP contribution in [0.2, 0.25) is 0 Å². The van der Waals surface area contributed by atoms with Gasteiger partial charge in [-0.05, 0) is 24.8 Å². The van der Waals surface area contributed by atoms with Crippen molar-refractivity contribution in [1.82, 2.24) is 15.1 Å². The lowest BCUT2D eigenvalue weighted by atomic mass is 9.93. The lowest BCUT2D eigenvalue weighted by Gasteiger charge is -2.28. The number of amides is 1. The minimum atomic E-state index is -0.861. The van der Waals surface area contributed by atoms with Gasteiger partial charge in [0, 0.05) is 12.4 Å². The van der Waals surface area contributed by atoms with Crippen molar-refractivity contribution in [3.63, 3.8) is 0 Å². The second kappa shape index (κ2) is 6.20. The van der Waals surface area contributed by atoms with Crippen molar-refractivity contribution >= 4 is 33.4 Å². The first-order valence-corrected chi connectivity index (χ1v) is 9.14. The minimum absolute atomic E-state index is 0.0115. The molecule has 0 aliphatic heterocycles. The summed E-state index contributed by atoms with van der Waals surface area (Å²) in [5, 5.41) is 17.7. The Morgan fingerprint density at radius 3 is 2.67 bits per heavy atom. The first kappa shape index (κ1) is 17.0. The van der Waals surface area contributed by atoms with E-state index in [0.29, 0.717) is 4.88 Å². The lowest BCUT2D eigenvalue weighted by molar-refractivity contribution is -0.138. The van der Waals surface area contributed by atoms with E-state index in [4.69, 9.17) is 0 Å². The van der Waals surface area contributed by atoms with Gasteiger partial charge in [-0.2, -0.15) is 5.10 Å². The molecule has 2 N–H and O–H groups in total. The van der Waals surface area contributed by atoms with Crippen LogP contribution in [0.15, 0.2) is 6.07 Å². The summed E-state index contributed by atoms with van der Waals surface area (Å²) in [5.41, 5.74) is 0.391. The van der Waals surface area contributed by atoms with E-state index in [1.165, 1.54) is 11.3 Å². The molecule has 1 saturated carbocycles. The number of aliphatic carboxylic acids is 1. The van der Waals surface area contributed by atoms with Crippen LogP contribution in [0.25, 0.3) is 10.2 Å². The number of carbonyl (C=O) groups is 2. The highest BCUT2D eigenvalue weighted by Crippen LogP contribution is 2.35. The summed E-state index contributed by atoms with van der Waals surface area (Å²) < 4.78 is 1.81. The number of hydrogen-bond acceptors (Lipinski definition) is 4. The minimum Gasteiger partial charge on any atom is -0.481 e. The Morgan fingerprint density at radius 2 is 2.08 bits per heavy atom. The maximum atomic E-state index is 12.7. The predicted octanol–water partition coefficient (Wildman–Crippen LogP) is 3.28. The van der Waals surface area contributed by atoms with E-state index in [1.807, 2.05) is 17.8 Å². The van der Waals surface area contributed by atoms with Crippen molar-refractivity contribution in [2.45, 2.75) is 57.4 Å². The molecule has 6 nitrogen and oxygen atoms in total. The van der Waals surface area contributed by atoms with Crippen molar-refractivity contribution in [2.24, 2.45) is 7.05 Å². The van der Waals surface area contributed by atoms with Crippen LogP contribution in [0.4, 0.5) is 0 Å². The highest BCUT2D eigenvalue weighted by atomic mass is 32.1. The highest BCUT2D eigenvalue weighted by molar-refractivity contribution is 7.20. The number of nitrogens with one attached hydrogen (secondary N) is 1. The zero-order valence-electron chi connectivity index (χ0n) is 14.3. The number of nitrogens with zero attached hydrogens (tertiary/aromatic N) is 2. The van der Waals surface area contributed by atoms with Crippen molar-refractivity contribution in [3.05, 3.63) is 16.6 Å². The first-order chi connectivity index (χ1) is 11.3. The topological polar surface area (TPSA) is 84.2 Å². The van der Waals surface area contributed by atoms with Crippen molar-refractivity contribution < 1.29 is 14.7 Å². The van der Waals surface area contributed by atoms with Crippen LogP contribution >= 0.6 is 11.3 Å². The van der Waals surface area contributed by atoms with Gasteiger partial charge in [-0.25, -0.2) is 0 Å². The molecule has 0 bridgehead atoms. The molecule has 1 amide bonds. The summed E-state index contributed by atoms with van der Waals surface area (Å²) in [6.45, 7) is 4.17. The molecular weight excluding hydrogens is 326 g/mol. The number of carbonyl (C=O) groups excluding carboxylic acids is 1. The standard InChI is InChI=1S/C17H23N3O3S/c1-10(2)14-11-8-12(24-16(11)20(3)19-14)15(23)18-17(9-13(21)22)6-4-5-7-17/h8,10H,4-7,9H2,1-3H3,(H,18,23)(H,21,22). The predicted molar refractivity (Wildman–Crippen MR) is 93.6 cm³/mol. The summed E-state index contributed by atoms with van der Waals surface area (Å²) in [6.07, 6.45) is 3.37. The van der Waals surface area contributed by atoms with Crippen LogP contribution in [0.5, 0.6) is 0 Å². The van der Waals surface area contributed by atoms with Crippen LogP contribution < -0.4 is 5.32 Å². The van der Waals surface area contributed by atoms with Crippen LogP contribution in [0.3, 0.4) is 0 Å². The summed E-state index contributed by atoms with van der Waals surface area (Å²) in [5.74, 6) is -0.749. The van der Waals surface area contributed by atoms with Crippen LogP contribution in [0, 0.1) is 0 Å². The van der Waals surface area contributed by atoms with Gasteiger partial charge in [-0.15, -0.1) is 11.3 Å². The largest absolute Gasteiger partial charge is 0.481 e. The second-order valence-electron chi connectivity index (χ2n) is 7.01. The number of carboxylic acid groups (broad SMARTS) is 1. The highest BCUT2D eigenvalue weighted by Gasteiger charge is 2.38. The van der Waals surface area contributed by atoms with Crippen LogP contribution in [0.1, 0.15) is 67.2 Å². The fourth-order valence-electron chi connectivity index (χ4n) is 3.59. The number of thiophene rings is 1. The Bertz CT molecular complexity index is 784. The molecule has 0 spiro atoms. The van der Waals surface area contributed by atoms with Gasteiger partial charge in [0.05, 0.1) is 22.5 Å². The lowest BCUT2D eigenvalue weighted by Crippen LogP contribution is -2.47. The van der Waals surface area contributed by atoms with Gasteiger partial charge >= 0.3 is 5.97 Å². The van der Waals surface area contributed by atoms with Gasteiger partial charge in [0.2, 0.25) is 0 Å². The molecule has 24 heavy (non-hydrogen) atoms. The molecule has 0 atom stereocenters. The average molecular weight is 349 g/mol. The van der Waals surface area contributed by atoms with Crippen LogP contribution in [-0.4, -0.2) is 32.3 Å². The molecule has 3 rings (SSSR count). The molecule has 2 aromatic rings. The third-order valence-electron chi connectivity index (χ3n) is 4.74. The molecule has 0 unspecified atom stereocenters. The van der Waals surface area contributed by atoms with Crippen molar-refractivity contribution in [1.29, 1.82) is 0 Å². The number of hydrogen-bond donors (Lipinski definition) is 2. The Kier molecular flexibility index (Phi) is 4.38. The monoisotopic (exact) mass is 349 g/mol. The Balaban J connectivity index is 1.88. The zero-order chi connectivity index (χ0) is 17.5. The first-order valence-electron chi connectivity index (χ1n) is 8.32. The van der Waals surface area contributed by atoms with Gasteiger partial charge in [0.1, 0.15) is 4.83 Å². The van der Waals surface area contributed by atoms with Gasteiger partial charge < -0.3 is 10.4 Å². The Labute approximate surface area is 144 Å². The molecule has 1 fully saturated rings. The molecule has 0 saturated heterocycles. The molecule has 2 heterocycles. The number of rotatable bonds is 5. The molecule has 0 aromatic carbocycles. The van der Waals surface area contributed by atoms with Crippen LogP contribution in [-0.2, 0) is 11.8 Å². The molecular formula is C17H23N3O3S. The number of aryl methyl sites for hydroxylation is 1. The normalized spacial score (nSPS) is 16.8. The average Bonchev–Trinajstić information content (AvgIpc) is 3.15. The van der Waals surface area contributed by atoms with Gasteiger partial charge in [0.25, 0.3) is 5.91 Å². The fraction of sp³-hybridized carbons (Fsp3) is 0.588. The van der Waals surface area contributed by atoms with E-state index in [-0.39, 0.29) is 18.2 Å². The van der Waals surface area contributed by atoms with E-state index >= 15 is 0 Å². The smallest absolute Gasteiger partial charge is 0.305 e. The van der Waals surface area contributed by atoms with Gasteiger partial charge in [-0.3, -0.25) is 14.3 Å². The fourth-order valence-corrected chi connectivity index (χ4v) is 4.57. The number of carboxylic acids is 1. The third-order valence-corrected chi connectivity index (χ3v) is 5.94. The summed E-state index contributed by atoms with van der Waals surface area (Å²) >= 11 is 1.41. The third kappa shape index (κ3) is 3.05. The Morgan fingerprint density at radius 1 is 1.42 bits per heavy atom. The molecule has 1 aliphatic rings. The quantitative estimate of drug-likeness (QED) is 0.867. The number of aromatic nitrogens is 2. The number of fused-ring (bicyclic) bond motifs is 1. The maximum Gasteiger partial charge on any atom is 0.305 e. The molecule has 2 aromatic heterocycles. The van der Waals surface area contributed by atoms with Gasteiger partial charge in [-0.1, -0.05) is 26.7 Å². The van der Waals surface area contributed by atoms with E-state index < -0.39 is 11.5 Å². The van der Waals surface area contributed by atoms with Crippen molar-refractivity contribution in [2.75, 3.05) is 0 Å². The van der Waals surface area contributed by atoms with E-state index in [2.05, 4.69) is 24.3 Å². The van der Waals surface area contributed by atoms with Crippen molar-refractivity contribution in [3.8, 4) is 0 Å². The maximum absolute atomic E-state index is 12.7. The SMILES string of the molecule is CC(C)c1nn(C)c2sc(C(=O)NC3(CC(=O)O)CCCC3)cc12. The zero-order valence-corrected chi connectivity index (χ0v) is 15.1. The second-order valence-corrected chi connectivity index (χ2v) is 8.04. The molecule has 1 aliphatic carbocycles. The van der Waals surface area contributed by atoms with Gasteiger partial charge in [0.15, 0.2) is 0 Å². The summed E-state index contributed by atoms with van der Waals surface area (Å²) in [7, 11) is 1.88. The molecule has 7 heteroatoms.